The number of fused-ring (bicyclic) bond motifs is 4. The summed E-state index contributed by atoms with van der Waals surface area (Å²) in [6, 6.07) is 17.5. The summed E-state index contributed by atoms with van der Waals surface area (Å²) in [5, 5.41) is 0. The molecule has 0 aliphatic heterocycles. The summed E-state index contributed by atoms with van der Waals surface area (Å²) in [7, 11) is 0. The van der Waals surface area contributed by atoms with E-state index < -0.39 is 0 Å². The highest BCUT2D eigenvalue weighted by atomic mass is 14.3. The molecule has 0 radical (unpaired) electrons. The van der Waals surface area contributed by atoms with Crippen LogP contribution in [-0.2, 0) is 25.7 Å². The fourth-order valence-corrected chi connectivity index (χ4v) is 6.33. The van der Waals surface area contributed by atoms with E-state index >= 15 is 0 Å². The topological polar surface area (TPSA) is 0 Å². The molecule has 4 aliphatic rings. The van der Waals surface area contributed by atoms with Crippen molar-refractivity contribution in [3.63, 3.8) is 0 Å². The van der Waals surface area contributed by atoms with E-state index in [0.29, 0.717) is 0 Å². The first-order valence-corrected chi connectivity index (χ1v) is 12.8. The lowest BCUT2D eigenvalue weighted by Gasteiger charge is -2.14. The summed E-state index contributed by atoms with van der Waals surface area (Å²) in [4.78, 5) is 0. The molecular weight excluding hydrogens is 432 g/mol. The maximum atomic E-state index is 3.52. The Hall–Kier alpha value is -4.26. The molecule has 0 bridgehead atoms. The van der Waals surface area contributed by atoms with Crippen LogP contribution in [0.15, 0.2) is 70.8 Å². The van der Waals surface area contributed by atoms with Crippen LogP contribution in [0.25, 0.3) is 24.3 Å². The second-order valence-electron chi connectivity index (χ2n) is 10.1. The molecule has 36 heavy (non-hydrogen) atoms. The first kappa shape index (κ1) is 21.1. The lowest BCUT2D eigenvalue weighted by atomic mass is 9.88. The van der Waals surface area contributed by atoms with Gasteiger partial charge in [0, 0.05) is 11.1 Å². The van der Waals surface area contributed by atoms with Gasteiger partial charge in [0.1, 0.15) is 0 Å². The molecule has 0 unspecified atom stereocenters. The number of rotatable bonds is 2. The van der Waals surface area contributed by atoms with Crippen LogP contribution in [0.2, 0.25) is 0 Å². The minimum atomic E-state index is 0.933. The Morgan fingerprint density at radius 3 is 1.33 bits per heavy atom. The molecule has 0 amide bonds. The fourth-order valence-electron chi connectivity index (χ4n) is 6.33. The van der Waals surface area contributed by atoms with Crippen molar-refractivity contribution in [3.8, 4) is 23.7 Å². The van der Waals surface area contributed by atoms with Crippen LogP contribution in [0.5, 0.6) is 0 Å². The van der Waals surface area contributed by atoms with Crippen molar-refractivity contribution in [3.05, 3.63) is 126 Å². The maximum absolute atomic E-state index is 3.52. The molecule has 0 N–H and O–H groups in total. The van der Waals surface area contributed by atoms with Gasteiger partial charge in [-0.15, -0.1) is 11.8 Å². The molecular formula is C36H26. The van der Waals surface area contributed by atoms with Crippen LogP contribution in [0, 0.1) is 23.7 Å². The largest absolute Gasteiger partial charge is 0.101 e. The summed E-state index contributed by atoms with van der Waals surface area (Å²) >= 11 is 0. The maximum Gasteiger partial charge on any atom is 0.0362 e. The van der Waals surface area contributed by atoms with Crippen molar-refractivity contribution in [2.45, 2.75) is 39.5 Å². The van der Waals surface area contributed by atoms with Crippen molar-refractivity contribution in [1.82, 2.24) is 0 Å². The van der Waals surface area contributed by atoms with Gasteiger partial charge in [-0.05, 0) is 118 Å². The first-order chi connectivity index (χ1) is 17.7. The molecule has 4 aliphatic carbocycles. The van der Waals surface area contributed by atoms with Gasteiger partial charge in [-0.1, -0.05) is 72.5 Å². The van der Waals surface area contributed by atoms with Crippen LogP contribution in [0.3, 0.4) is 0 Å². The van der Waals surface area contributed by atoms with E-state index in [0.717, 1.165) is 25.7 Å². The molecule has 0 heterocycles. The molecule has 0 atom stereocenters. The average molecular weight is 459 g/mol. The molecule has 3 aromatic rings. The Morgan fingerprint density at radius 1 is 0.500 bits per heavy atom. The van der Waals surface area contributed by atoms with Crippen LogP contribution >= 0.6 is 0 Å². The van der Waals surface area contributed by atoms with Crippen molar-refractivity contribution in [2.75, 3.05) is 0 Å². The smallest absolute Gasteiger partial charge is 0.0362 e. The third-order valence-electron chi connectivity index (χ3n) is 8.02. The Bertz CT molecular complexity index is 1610. The molecule has 7 rings (SSSR count). The second-order valence-corrected chi connectivity index (χ2v) is 10.1. The van der Waals surface area contributed by atoms with Crippen LogP contribution < -0.4 is 0 Å². The summed E-state index contributed by atoms with van der Waals surface area (Å²) in [6.07, 6.45) is 13.5. The van der Waals surface area contributed by atoms with Gasteiger partial charge in [0.2, 0.25) is 0 Å². The fraction of sp³-hybridized carbons (Fsp3) is 0.167. The summed E-state index contributed by atoms with van der Waals surface area (Å²) in [5.74, 6) is 13.5. The lowest BCUT2D eigenvalue weighted by Crippen LogP contribution is -2.02. The third kappa shape index (κ3) is 3.19. The number of hydrogen-bond acceptors (Lipinski definition) is 0. The minimum Gasteiger partial charge on any atom is -0.101 e. The van der Waals surface area contributed by atoms with E-state index in [1.165, 1.54) is 77.9 Å². The van der Waals surface area contributed by atoms with Crippen LogP contribution in [-0.4, -0.2) is 0 Å². The highest BCUT2D eigenvalue weighted by molar-refractivity contribution is 5.88. The molecule has 0 aromatic heterocycles. The predicted molar refractivity (Wildman–Crippen MR) is 151 cm³/mol. The average Bonchev–Trinajstić information content (AvgIpc) is 3.68. The zero-order chi connectivity index (χ0) is 24.2. The molecule has 0 saturated carbocycles. The van der Waals surface area contributed by atoms with Crippen molar-refractivity contribution in [2.24, 2.45) is 0 Å². The first-order valence-electron chi connectivity index (χ1n) is 12.8. The molecule has 0 saturated heterocycles. The van der Waals surface area contributed by atoms with E-state index in [2.05, 4.69) is 96.5 Å². The van der Waals surface area contributed by atoms with Crippen molar-refractivity contribution in [1.29, 1.82) is 0 Å². The summed E-state index contributed by atoms with van der Waals surface area (Å²) in [5.41, 5.74) is 19.0. The Labute approximate surface area is 213 Å². The van der Waals surface area contributed by atoms with Crippen molar-refractivity contribution >= 4 is 24.3 Å². The molecule has 0 nitrogen and oxygen atoms in total. The van der Waals surface area contributed by atoms with Gasteiger partial charge in [0.15, 0.2) is 0 Å². The number of benzene rings is 3. The van der Waals surface area contributed by atoms with E-state index in [1.807, 2.05) is 13.8 Å². The Morgan fingerprint density at radius 2 is 0.917 bits per heavy atom. The normalized spacial score (nSPS) is 15.8. The zero-order valence-corrected chi connectivity index (χ0v) is 20.8. The quantitative estimate of drug-likeness (QED) is 0.347. The van der Waals surface area contributed by atoms with Gasteiger partial charge in [-0.3, -0.25) is 0 Å². The van der Waals surface area contributed by atoms with Gasteiger partial charge in [0.25, 0.3) is 0 Å². The van der Waals surface area contributed by atoms with E-state index in [-0.39, 0.29) is 0 Å². The monoisotopic (exact) mass is 458 g/mol. The molecule has 0 fully saturated rings. The SMILES string of the molecule is CC#Cc1c2c(c(C#CC)c3c1CC(C1=Cc4ccccc4C1)=C3)CC(C1=Cc3ccccc3C1)=C2. The molecule has 3 aromatic carbocycles. The van der Waals surface area contributed by atoms with Gasteiger partial charge in [-0.25, -0.2) is 0 Å². The van der Waals surface area contributed by atoms with E-state index in [9.17, 15) is 0 Å². The molecule has 0 spiro atoms. The van der Waals surface area contributed by atoms with Crippen LogP contribution in [0.1, 0.15) is 69.5 Å². The zero-order valence-electron chi connectivity index (χ0n) is 20.8. The third-order valence-corrected chi connectivity index (χ3v) is 8.02. The molecule has 0 heteroatoms. The Kier molecular flexibility index (Phi) is 4.77. The van der Waals surface area contributed by atoms with Gasteiger partial charge >= 0.3 is 0 Å². The number of allylic oxidation sites excluding steroid dienone is 4. The van der Waals surface area contributed by atoms with Gasteiger partial charge in [-0.2, -0.15) is 0 Å². The van der Waals surface area contributed by atoms with Crippen LogP contribution in [0.4, 0.5) is 0 Å². The standard InChI is InChI=1S/C36H26/c1-3-9-31-33-19-29(27-15-23-11-5-6-12-24(23)16-27)21-35(33)32(10-4-2)36-22-30(20-34(31)36)28-17-25-13-7-8-14-26(25)18-28/h5-8,11-15,17,19,22H,16,18,20-21H2,1-2H3. The van der Waals surface area contributed by atoms with E-state index in [1.54, 1.807) is 0 Å². The molecule has 170 valence electrons. The Balaban J connectivity index is 1.32. The van der Waals surface area contributed by atoms with Gasteiger partial charge in [0.05, 0.1) is 0 Å². The summed E-state index contributed by atoms with van der Waals surface area (Å²) < 4.78 is 0. The highest BCUT2D eigenvalue weighted by Gasteiger charge is 2.31. The van der Waals surface area contributed by atoms with Gasteiger partial charge < -0.3 is 0 Å². The lowest BCUT2D eigenvalue weighted by molar-refractivity contribution is 1.11. The second kappa shape index (κ2) is 8.16. The highest BCUT2D eigenvalue weighted by Crippen LogP contribution is 2.45. The van der Waals surface area contributed by atoms with E-state index in [4.69, 9.17) is 0 Å². The summed E-state index contributed by atoms with van der Waals surface area (Å²) in [6.45, 7) is 3.90. The predicted octanol–water partition coefficient (Wildman–Crippen LogP) is 7.59. The number of hydrogen-bond donors (Lipinski definition) is 0. The van der Waals surface area contributed by atoms with Crippen molar-refractivity contribution < 1.29 is 0 Å². The minimum absolute atomic E-state index is 0.933.